The van der Waals surface area contributed by atoms with Crippen molar-refractivity contribution in [3.05, 3.63) is 157 Å². The number of hydrogen-bond acceptors (Lipinski definition) is 8. The molecule has 0 bridgehead atoms. The molecule has 262 valence electrons. The van der Waals surface area contributed by atoms with E-state index in [1.165, 1.54) is 0 Å². The number of nitrogens with one attached hydrogen (secondary N) is 2. The lowest BCUT2D eigenvalue weighted by Gasteiger charge is -2.27. The first kappa shape index (κ1) is 34.9. The van der Waals surface area contributed by atoms with Crippen molar-refractivity contribution in [3.8, 4) is 22.6 Å². The first-order chi connectivity index (χ1) is 25.5. The van der Waals surface area contributed by atoms with Gasteiger partial charge in [-0.05, 0) is 79.1 Å². The van der Waals surface area contributed by atoms with Crippen LogP contribution in [0.5, 0.6) is 0 Å². The average molecular weight is 719 g/mol. The van der Waals surface area contributed by atoms with Crippen molar-refractivity contribution in [3.63, 3.8) is 0 Å². The second kappa shape index (κ2) is 15.4. The van der Waals surface area contributed by atoms with E-state index < -0.39 is 18.1 Å². The number of nitrogens with zero attached hydrogens (tertiary/aromatic N) is 6. The molecule has 4 aromatic carbocycles. The fourth-order valence-corrected chi connectivity index (χ4v) is 6.49. The Morgan fingerprint density at radius 1 is 0.811 bits per heavy atom. The number of carbonyl (C=O) groups is 1. The normalized spacial score (nSPS) is 12.2. The summed E-state index contributed by atoms with van der Waals surface area (Å²) in [5, 5.41) is 19.3. The molecule has 53 heavy (non-hydrogen) atoms. The third-order valence-corrected chi connectivity index (χ3v) is 9.09. The van der Waals surface area contributed by atoms with Crippen LogP contribution in [-0.4, -0.2) is 46.6 Å². The highest BCUT2D eigenvalue weighted by Crippen LogP contribution is 2.35. The molecule has 4 heterocycles. The number of aliphatic hydroxyl groups excluding tert-OH is 1. The van der Waals surface area contributed by atoms with Crippen LogP contribution in [0, 0.1) is 6.92 Å². The summed E-state index contributed by atoms with van der Waals surface area (Å²) in [7, 11) is 0. The molecule has 0 spiro atoms. The molecule has 0 saturated carbocycles. The lowest BCUT2D eigenvalue weighted by molar-refractivity contribution is -0.126. The largest absolute Gasteiger partial charge is 0.381 e. The van der Waals surface area contributed by atoms with Gasteiger partial charge in [-0.2, -0.15) is 0 Å². The second-order valence-electron chi connectivity index (χ2n) is 12.5. The Balaban J connectivity index is 0.00000435. The standard InChI is InChI=1S/C42H34N8O2.ClH/c1-27-18-19-31(25-35(27)49-42-45-23-20-33(48-42)30-14-8-21-43-26-30)46-41(52)39(51)37(24-28-10-3-2-4-11-28)50-36-17-6-5-16-34(36)47-40(50)32-15-7-12-29-13-9-22-44-38(29)32;/h2-23,25-26,37,39,51H,24H2,1H3,(H,46,52)(H,45,48,49);1H/t37-,39+;/m1./s1. The smallest absolute Gasteiger partial charge is 0.255 e. The Morgan fingerprint density at radius 3 is 2.47 bits per heavy atom. The van der Waals surface area contributed by atoms with Crippen LogP contribution in [0.2, 0.25) is 0 Å². The Morgan fingerprint density at radius 2 is 1.62 bits per heavy atom. The van der Waals surface area contributed by atoms with Gasteiger partial charge in [0.2, 0.25) is 5.95 Å². The van der Waals surface area contributed by atoms with E-state index in [1.807, 2.05) is 133 Å². The third-order valence-electron chi connectivity index (χ3n) is 9.09. The number of fused-ring (bicyclic) bond motifs is 2. The lowest BCUT2D eigenvalue weighted by atomic mass is 9.99. The molecule has 3 N–H and O–H groups in total. The maximum Gasteiger partial charge on any atom is 0.255 e. The SMILES string of the molecule is Cc1ccc(NC(=O)[C@@H](O)[C@@H](Cc2ccccc2)n2c(-c3cccc4cccnc34)nc3ccccc32)cc1Nc1nccc(-c2cccnc2)n1.Cl. The van der Waals surface area contributed by atoms with Crippen LogP contribution in [0.4, 0.5) is 17.3 Å². The minimum atomic E-state index is -1.46. The van der Waals surface area contributed by atoms with E-state index in [0.717, 1.165) is 49.9 Å². The number of rotatable bonds is 10. The first-order valence-corrected chi connectivity index (χ1v) is 17.0. The van der Waals surface area contributed by atoms with E-state index in [2.05, 4.69) is 25.6 Å². The van der Waals surface area contributed by atoms with Gasteiger partial charge in [-0.3, -0.25) is 14.8 Å². The second-order valence-corrected chi connectivity index (χ2v) is 12.5. The number of benzene rings is 4. The van der Waals surface area contributed by atoms with Crippen LogP contribution in [0.25, 0.3) is 44.6 Å². The van der Waals surface area contributed by atoms with Gasteiger partial charge in [-0.1, -0.05) is 66.7 Å². The van der Waals surface area contributed by atoms with Crippen LogP contribution < -0.4 is 10.6 Å². The van der Waals surface area contributed by atoms with Gasteiger partial charge in [0.1, 0.15) is 5.82 Å². The molecule has 0 aliphatic carbocycles. The molecule has 2 atom stereocenters. The summed E-state index contributed by atoms with van der Waals surface area (Å²) < 4.78 is 1.99. The summed E-state index contributed by atoms with van der Waals surface area (Å²) >= 11 is 0. The maximum absolute atomic E-state index is 14.1. The molecule has 0 saturated heterocycles. The summed E-state index contributed by atoms with van der Waals surface area (Å²) in [6.45, 7) is 1.96. The third kappa shape index (κ3) is 7.32. The monoisotopic (exact) mass is 718 g/mol. The topological polar surface area (TPSA) is 131 Å². The number of amides is 1. The molecule has 10 nitrogen and oxygen atoms in total. The molecule has 0 unspecified atom stereocenters. The maximum atomic E-state index is 14.1. The van der Waals surface area contributed by atoms with Gasteiger partial charge in [0.25, 0.3) is 5.91 Å². The molecule has 0 radical (unpaired) electrons. The number of aryl methyl sites for hydroxylation is 1. The van der Waals surface area contributed by atoms with Gasteiger partial charge in [0.05, 0.1) is 28.3 Å². The van der Waals surface area contributed by atoms with Crippen LogP contribution in [-0.2, 0) is 11.2 Å². The molecular weight excluding hydrogens is 684 g/mol. The van der Waals surface area contributed by atoms with Crippen molar-refractivity contribution in [1.29, 1.82) is 0 Å². The highest BCUT2D eigenvalue weighted by Gasteiger charge is 2.32. The fourth-order valence-electron chi connectivity index (χ4n) is 6.49. The number of imidazole rings is 1. The summed E-state index contributed by atoms with van der Waals surface area (Å²) in [6.07, 6.45) is 5.82. The highest BCUT2D eigenvalue weighted by atomic mass is 35.5. The van der Waals surface area contributed by atoms with Crippen LogP contribution >= 0.6 is 12.4 Å². The number of aliphatic hydroxyl groups is 1. The van der Waals surface area contributed by atoms with Crippen LogP contribution in [0.1, 0.15) is 17.2 Å². The van der Waals surface area contributed by atoms with Crippen LogP contribution in [0.15, 0.2) is 146 Å². The molecule has 0 aliphatic rings. The van der Waals surface area contributed by atoms with Crippen molar-refractivity contribution < 1.29 is 9.90 Å². The van der Waals surface area contributed by atoms with Crippen molar-refractivity contribution >= 4 is 57.6 Å². The van der Waals surface area contributed by atoms with E-state index in [9.17, 15) is 9.90 Å². The molecule has 0 fully saturated rings. The number of aromatic nitrogens is 6. The molecule has 8 rings (SSSR count). The molecule has 1 amide bonds. The molecule has 4 aromatic heterocycles. The Labute approximate surface area is 312 Å². The van der Waals surface area contributed by atoms with Gasteiger partial charge in [-0.15, -0.1) is 12.4 Å². The summed E-state index contributed by atoms with van der Waals surface area (Å²) in [6, 6.07) is 37.9. The van der Waals surface area contributed by atoms with Crippen molar-refractivity contribution in [2.75, 3.05) is 10.6 Å². The number of hydrogen-bond donors (Lipinski definition) is 3. The van der Waals surface area contributed by atoms with Gasteiger partial charge in [0.15, 0.2) is 6.10 Å². The molecule has 8 aromatic rings. The fraction of sp³-hybridized carbons (Fsp3) is 0.0952. The summed E-state index contributed by atoms with van der Waals surface area (Å²) in [5.74, 6) is 0.470. The Bertz CT molecular complexity index is 2520. The molecule has 0 aliphatic heterocycles. The molecule has 11 heteroatoms. The molecular formula is C42H35ClN8O2. The van der Waals surface area contributed by atoms with Crippen molar-refractivity contribution in [2.45, 2.75) is 25.5 Å². The lowest BCUT2D eigenvalue weighted by Crippen LogP contribution is -2.37. The summed E-state index contributed by atoms with van der Waals surface area (Å²) in [4.78, 5) is 37.2. The number of halogens is 1. The van der Waals surface area contributed by atoms with E-state index in [4.69, 9.17) is 9.97 Å². The van der Waals surface area contributed by atoms with Gasteiger partial charge >= 0.3 is 0 Å². The minimum Gasteiger partial charge on any atom is -0.381 e. The van der Waals surface area contributed by atoms with Gasteiger partial charge in [0, 0.05) is 52.7 Å². The highest BCUT2D eigenvalue weighted by molar-refractivity contribution is 5.97. The number of para-hydroxylation sites is 3. The summed E-state index contributed by atoms with van der Waals surface area (Å²) in [5.41, 5.74) is 7.85. The number of pyridine rings is 2. The van der Waals surface area contributed by atoms with Crippen molar-refractivity contribution in [2.24, 2.45) is 0 Å². The number of anilines is 3. The van der Waals surface area contributed by atoms with E-state index >= 15 is 0 Å². The van der Waals surface area contributed by atoms with E-state index in [0.29, 0.717) is 29.6 Å². The van der Waals surface area contributed by atoms with E-state index in [1.54, 1.807) is 24.8 Å². The van der Waals surface area contributed by atoms with Crippen molar-refractivity contribution in [1.82, 2.24) is 29.5 Å². The Hall–Kier alpha value is -6.49. The quantitative estimate of drug-likeness (QED) is 0.129. The first-order valence-electron chi connectivity index (χ1n) is 17.0. The predicted molar refractivity (Wildman–Crippen MR) is 211 cm³/mol. The Kier molecular flexibility index (Phi) is 10.2. The van der Waals surface area contributed by atoms with Crippen LogP contribution in [0.3, 0.4) is 0 Å². The zero-order valence-electron chi connectivity index (χ0n) is 28.7. The predicted octanol–water partition coefficient (Wildman–Crippen LogP) is 8.36. The van der Waals surface area contributed by atoms with Gasteiger partial charge in [-0.25, -0.2) is 15.0 Å². The average Bonchev–Trinajstić information content (AvgIpc) is 3.58. The zero-order chi connectivity index (χ0) is 35.4. The van der Waals surface area contributed by atoms with Gasteiger partial charge < -0.3 is 20.3 Å². The minimum absolute atomic E-state index is 0. The zero-order valence-corrected chi connectivity index (χ0v) is 29.5. The van der Waals surface area contributed by atoms with E-state index in [-0.39, 0.29) is 12.4 Å². The number of carbonyl (C=O) groups excluding carboxylic acids is 1.